The molecule has 0 saturated heterocycles. The van der Waals surface area contributed by atoms with Gasteiger partial charge in [-0.3, -0.25) is 0 Å². The predicted octanol–water partition coefficient (Wildman–Crippen LogP) is 3.53. The van der Waals surface area contributed by atoms with E-state index in [4.69, 9.17) is 9.47 Å². The van der Waals surface area contributed by atoms with Crippen LogP contribution < -0.4 is 14.8 Å². The van der Waals surface area contributed by atoms with Crippen molar-refractivity contribution in [2.45, 2.75) is 6.54 Å². The highest BCUT2D eigenvalue weighted by Crippen LogP contribution is 2.33. The van der Waals surface area contributed by atoms with Crippen molar-refractivity contribution in [1.82, 2.24) is 4.98 Å². The van der Waals surface area contributed by atoms with E-state index in [0.29, 0.717) is 12.3 Å². The van der Waals surface area contributed by atoms with E-state index >= 15 is 0 Å². The van der Waals surface area contributed by atoms with Gasteiger partial charge in [0.15, 0.2) is 16.6 Å². The molecule has 4 nitrogen and oxygen atoms in total. The standard InChI is InChI=1S/C12H13BrN2O2S/c1-16-10-5-8(9(13)6-11(10)17-2)7-15-12-14-3-4-18-12/h3-6H,7H2,1-2H3,(H,14,15). The fourth-order valence-corrected chi connectivity index (χ4v) is 2.50. The minimum atomic E-state index is 0.675. The summed E-state index contributed by atoms with van der Waals surface area (Å²) in [5, 5.41) is 6.09. The van der Waals surface area contributed by atoms with Crippen LogP contribution in [0, 0.1) is 0 Å². The molecule has 18 heavy (non-hydrogen) atoms. The summed E-state index contributed by atoms with van der Waals surface area (Å²) in [6, 6.07) is 3.85. The van der Waals surface area contributed by atoms with Crippen LogP contribution in [0.5, 0.6) is 11.5 Å². The van der Waals surface area contributed by atoms with E-state index in [9.17, 15) is 0 Å². The normalized spacial score (nSPS) is 10.2. The molecule has 1 heterocycles. The molecule has 0 unspecified atom stereocenters. The van der Waals surface area contributed by atoms with Crippen molar-refractivity contribution >= 4 is 32.4 Å². The second-order valence-corrected chi connectivity index (χ2v) is 5.24. The first-order chi connectivity index (χ1) is 8.74. The van der Waals surface area contributed by atoms with E-state index in [1.54, 1.807) is 31.8 Å². The second kappa shape index (κ2) is 6.06. The van der Waals surface area contributed by atoms with Crippen LogP contribution in [0.25, 0.3) is 0 Å². The van der Waals surface area contributed by atoms with Crippen LogP contribution in [0.3, 0.4) is 0 Å². The van der Waals surface area contributed by atoms with Crippen molar-refractivity contribution in [2.24, 2.45) is 0 Å². The molecule has 2 aromatic rings. The van der Waals surface area contributed by atoms with Gasteiger partial charge in [0.25, 0.3) is 0 Å². The Kier molecular flexibility index (Phi) is 4.43. The number of halogens is 1. The number of ether oxygens (including phenoxy) is 2. The van der Waals surface area contributed by atoms with Crippen LogP contribution >= 0.6 is 27.3 Å². The first kappa shape index (κ1) is 13.2. The maximum Gasteiger partial charge on any atom is 0.182 e. The highest BCUT2D eigenvalue weighted by molar-refractivity contribution is 9.10. The van der Waals surface area contributed by atoms with Crippen molar-refractivity contribution < 1.29 is 9.47 Å². The summed E-state index contributed by atoms with van der Waals surface area (Å²) in [7, 11) is 3.25. The summed E-state index contributed by atoms with van der Waals surface area (Å²) in [4.78, 5) is 4.17. The molecule has 0 spiro atoms. The minimum absolute atomic E-state index is 0.675. The lowest BCUT2D eigenvalue weighted by molar-refractivity contribution is 0.354. The smallest absolute Gasteiger partial charge is 0.182 e. The summed E-state index contributed by atoms with van der Waals surface area (Å²) in [6.07, 6.45) is 1.77. The SMILES string of the molecule is COc1cc(Br)c(CNc2nccs2)cc1OC. The first-order valence-corrected chi connectivity index (χ1v) is 6.95. The van der Waals surface area contributed by atoms with Gasteiger partial charge in [0, 0.05) is 22.6 Å². The number of benzene rings is 1. The van der Waals surface area contributed by atoms with Gasteiger partial charge >= 0.3 is 0 Å². The molecular formula is C12H13BrN2O2S. The molecule has 0 amide bonds. The van der Waals surface area contributed by atoms with Gasteiger partial charge in [-0.2, -0.15) is 0 Å². The number of hydrogen-bond donors (Lipinski definition) is 1. The molecule has 0 saturated carbocycles. The lowest BCUT2D eigenvalue weighted by Crippen LogP contribution is -2.01. The van der Waals surface area contributed by atoms with Gasteiger partial charge in [0.05, 0.1) is 14.2 Å². The van der Waals surface area contributed by atoms with Crippen LogP contribution in [0.4, 0.5) is 5.13 Å². The molecule has 0 aliphatic heterocycles. The first-order valence-electron chi connectivity index (χ1n) is 5.28. The monoisotopic (exact) mass is 328 g/mol. The highest BCUT2D eigenvalue weighted by atomic mass is 79.9. The third-order valence-electron chi connectivity index (χ3n) is 2.41. The molecule has 0 radical (unpaired) electrons. The number of hydrogen-bond acceptors (Lipinski definition) is 5. The lowest BCUT2D eigenvalue weighted by atomic mass is 10.2. The predicted molar refractivity (Wildman–Crippen MR) is 76.7 cm³/mol. The van der Waals surface area contributed by atoms with Crippen molar-refractivity contribution in [3.05, 3.63) is 33.7 Å². The largest absolute Gasteiger partial charge is 0.493 e. The summed E-state index contributed by atoms with van der Waals surface area (Å²) in [6.45, 7) is 0.675. The van der Waals surface area contributed by atoms with E-state index in [1.807, 2.05) is 17.5 Å². The summed E-state index contributed by atoms with van der Waals surface area (Å²) in [5.74, 6) is 1.43. The van der Waals surface area contributed by atoms with E-state index in [2.05, 4.69) is 26.2 Å². The van der Waals surface area contributed by atoms with Crippen LogP contribution in [-0.4, -0.2) is 19.2 Å². The average molecular weight is 329 g/mol. The summed E-state index contributed by atoms with van der Waals surface area (Å²) >= 11 is 5.10. The Labute approximate surface area is 118 Å². The van der Waals surface area contributed by atoms with Gasteiger partial charge in [-0.15, -0.1) is 11.3 Å². The van der Waals surface area contributed by atoms with Crippen LogP contribution in [-0.2, 0) is 6.54 Å². The third-order valence-corrected chi connectivity index (χ3v) is 3.88. The molecule has 0 atom stereocenters. The summed E-state index contributed by atoms with van der Waals surface area (Å²) < 4.78 is 11.5. The Morgan fingerprint density at radius 2 is 2.00 bits per heavy atom. The topological polar surface area (TPSA) is 43.4 Å². The van der Waals surface area contributed by atoms with Crippen LogP contribution in [0.2, 0.25) is 0 Å². The molecule has 0 bridgehead atoms. The summed E-state index contributed by atoms with van der Waals surface area (Å²) in [5.41, 5.74) is 1.09. The van der Waals surface area contributed by atoms with Gasteiger partial charge in [-0.1, -0.05) is 15.9 Å². The molecule has 6 heteroatoms. The number of nitrogens with zero attached hydrogens (tertiary/aromatic N) is 1. The average Bonchev–Trinajstić information content (AvgIpc) is 2.90. The van der Waals surface area contributed by atoms with Gasteiger partial charge in [-0.25, -0.2) is 4.98 Å². The van der Waals surface area contributed by atoms with Crippen molar-refractivity contribution in [1.29, 1.82) is 0 Å². The molecular weight excluding hydrogens is 316 g/mol. The molecule has 0 aliphatic rings. The van der Waals surface area contributed by atoms with Gasteiger partial charge in [-0.05, 0) is 17.7 Å². The minimum Gasteiger partial charge on any atom is -0.493 e. The highest BCUT2D eigenvalue weighted by Gasteiger charge is 2.09. The van der Waals surface area contributed by atoms with E-state index in [-0.39, 0.29) is 0 Å². The third kappa shape index (κ3) is 2.94. The van der Waals surface area contributed by atoms with E-state index in [0.717, 1.165) is 20.9 Å². The molecule has 2 rings (SSSR count). The molecule has 1 aromatic heterocycles. The van der Waals surface area contributed by atoms with E-state index in [1.165, 1.54) is 0 Å². The Balaban J connectivity index is 2.17. The zero-order valence-corrected chi connectivity index (χ0v) is 12.5. The fraction of sp³-hybridized carbons (Fsp3) is 0.250. The van der Waals surface area contributed by atoms with Gasteiger partial charge in [0.2, 0.25) is 0 Å². The Hall–Kier alpha value is -1.27. The molecule has 0 fully saturated rings. The molecule has 1 aromatic carbocycles. The fourth-order valence-electron chi connectivity index (χ4n) is 1.51. The number of anilines is 1. The number of aromatic nitrogens is 1. The number of thiazole rings is 1. The van der Waals surface area contributed by atoms with Gasteiger partial charge < -0.3 is 14.8 Å². The van der Waals surface area contributed by atoms with Gasteiger partial charge in [0.1, 0.15) is 0 Å². The second-order valence-electron chi connectivity index (χ2n) is 3.49. The number of rotatable bonds is 5. The van der Waals surface area contributed by atoms with Crippen molar-refractivity contribution in [2.75, 3.05) is 19.5 Å². The number of methoxy groups -OCH3 is 2. The Morgan fingerprint density at radius 1 is 1.28 bits per heavy atom. The molecule has 0 aliphatic carbocycles. The quantitative estimate of drug-likeness (QED) is 0.911. The van der Waals surface area contributed by atoms with Crippen molar-refractivity contribution in [3.8, 4) is 11.5 Å². The maximum atomic E-state index is 5.28. The van der Waals surface area contributed by atoms with Crippen molar-refractivity contribution in [3.63, 3.8) is 0 Å². The Morgan fingerprint density at radius 3 is 2.61 bits per heavy atom. The maximum absolute atomic E-state index is 5.28. The zero-order chi connectivity index (χ0) is 13.0. The molecule has 96 valence electrons. The van der Waals surface area contributed by atoms with Crippen LogP contribution in [0.15, 0.2) is 28.2 Å². The lowest BCUT2D eigenvalue weighted by Gasteiger charge is -2.12. The Bertz CT molecular complexity index is 517. The number of nitrogens with one attached hydrogen (secondary N) is 1. The zero-order valence-electron chi connectivity index (χ0n) is 10.1. The van der Waals surface area contributed by atoms with E-state index < -0.39 is 0 Å². The molecule has 1 N–H and O–H groups in total. The van der Waals surface area contributed by atoms with Crippen LogP contribution in [0.1, 0.15) is 5.56 Å².